The van der Waals surface area contributed by atoms with Crippen LogP contribution in [0.1, 0.15) is 58.4 Å². The van der Waals surface area contributed by atoms with Gasteiger partial charge in [0.15, 0.2) is 0 Å². The first-order chi connectivity index (χ1) is 14.5. The highest BCUT2D eigenvalue weighted by molar-refractivity contribution is 7.89. The first kappa shape index (κ1) is 23.5. The second-order valence-electron chi connectivity index (χ2n) is 9.72. The number of amides is 3. The molecule has 1 aliphatic carbocycles. The van der Waals surface area contributed by atoms with Gasteiger partial charge in [-0.25, -0.2) is 17.9 Å². The number of hydrogen-bond acceptors (Lipinski definition) is 5. The number of imide groups is 1. The highest BCUT2D eigenvalue weighted by Gasteiger charge is 2.47. The minimum absolute atomic E-state index is 0.0418. The molecule has 0 unspecified atom stereocenters. The molecule has 3 rings (SSSR count). The molecule has 31 heavy (non-hydrogen) atoms. The predicted molar refractivity (Wildman–Crippen MR) is 118 cm³/mol. The van der Waals surface area contributed by atoms with Crippen LogP contribution >= 0.6 is 0 Å². The highest BCUT2D eigenvalue weighted by atomic mass is 32.2. The molecule has 0 bridgehead atoms. The Labute approximate surface area is 184 Å². The van der Waals surface area contributed by atoms with Gasteiger partial charge in [-0.3, -0.25) is 10.1 Å². The van der Waals surface area contributed by atoms with E-state index in [1.165, 1.54) is 4.90 Å². The molecule has 2 N–H and O–H groups in total. The van der Waals surface area contributed by atoms with Crippen molar-refractivity contribution in [3.8, 4) is 5.75 Å². The number of unbranched alkanes of at least 4 members (excludes halogenated alkanes) is 2. The number of rotatable bonds is 11. The van der Waals surface area contributed by atoms with Crippen LogP contribution in [0.4, 0.5) is 4.79 Å². The topological polar surface area (TPSA) is 105 Å². The van der Waals surface area contributed by atoms with Gasteiger partial charge in [-0.05, 0) is 48.8 Å². The Balaban J connectivity index is 1.47. The first-order valence-corrected chi connectivity index (χ1v) is 12.5. The molecule has 2 aliphatic rings. The summed E-state index contributed by atoms with van der Waals surface area (Å²) in [4.78, 5) is 24.1. The Morgan fingerprint density at radius 2 is 1.90 bits per heavy atom. The van der Waals surface area contributed by atoms with Gasteiger partial charge < -0.3 is 9.64 Å². The minimum Gasteiger partial charge on any atom is -0.493 e. The fraction of sp³-hybridized carbons (Fsp3) is 0.636. The van der Waals surface area contributed by atoms with Crippen molar-refractivity contribution in [3.05, 3.63) is 29.8 Å². The molecule has 0 radical (unpaired) electrons. The highest BCUT2D eigenvalue weighted by Crippen LogP contribution is 2.47. The van der Waals surface area contributed by atoms with Gasteiger partial charge >= 0.3 is 6.03 Å². The Bertz CT molecular complexity index is 919. The Morgan fingerprint density at radius 1 is 1.16 bits per heavy atom. The van der Waals surface area contributed by atoms with Crippen molar-refractivity contribution in [2.24, 2.45) is 5.41 Å². The van der Waals surface area contributed by atoms with E-state index in [1.54, 1.807) is 0 Å². The number of benzene rings is 1. The number of nitrogens with zero attached hydrogens (tertiary/aromatic N) is 1. The number of hydrogen-bond donors (Lipinski definition) is 2. The summed E-state index contributed by atoms with van der Waals surface area (Å²) in [6, 6.07) is 7.31. The quantitative estimate of drug-likeness (QED) is 0.398. The monoisotopic (exact) mass is 451 g/mol. The Kier molecular flexibility index (Phi) is 6.95. The normalized spacial score (nSPS) is 18.2. The predicted octanol–water partition coefficient (Wildman–Crippen LogP) is 2.74. The third-order valence-corrected chi connectivity index (χ3v) is 6.90. The van der Waals surface area contributed by atoms with E-state index in [2.05, 4.69) is 30.8 Å². The molecule has 1 aromatic carbocycles. The molecule has 1 aliphatic heterocycles. The lowest BCUT2D eigenvalue weighted by molar-refractivity contribution is -0.118. The van der Waals surface area contributed by atoms with Crippen LogP contribution < -0.4 is 14.8 Å². The van der Waals surface area contributed by atoms with Crippen LogP contribution in [0, 0.1) is 5.41 Å². The summed E-state index contributed by atoms with van der Waals surface area (Å²) < 4.78 is 34.1. The van der Waals surface area contributed by atoms with Crippen molar-refractivity contribution in [3.63, 3.8) is 0 Å². The molecule has 2 fully saturated rings. The van der Waals surface area contributed by atoms with Crippen molar-refractivity contribution in [1.82, 2.24) is 14.9 Å². The van der Waals surface area contributed by atoms with E-state index in [0.29, 0.717) is 32.4 Å². The van der Waals surface area contributed by atoms with Gasteiger partial charge in [0.2, 0.25) is 15.9 Å². The standard InChI is InChI=1S/C22H33N3O5S/c1-21(2,3)16-30-18-9-7-8-17(14-18)22(10-11-22)24-31(28,29)13-6-4-5-12-25-15-19(26)23-20(25)27/h7-9,14,24H,4-6,10-13,15-16H2,1-3H3,(H,23,26,27). The van der Waals surface area contributed by atoms with Crippen molar-refractivity contribution in [2.75, 3.05) is 25.4 Å². The maximum absolute atomic E-state index is 12.7. The summed E-state index contributed by atoms with van der Waals surface area (Å²) in [6.07, 6.45) is 3.38. The second kappa shape index (κ2) is 9.16. The Hall–Kier alpha value is -2.13. The van der Waals surface area contributed by atoms with Crippen molar-refractivity contribution in [2.45, 2.75) is 58.4 Å². The molecular formula is C22H33N3O5S. The van der Waals surface area contributed by atoms with Gasteiger partial charge in [-0.1, -0.05) is 39.3 Å². The Morgan fingerprint density at radius 3 is 2.52 bits per heavy atom. The molecule has 0 spiro atoms. The van der Waals surface area contributed by atoms with Crippen LogP contribution in [0.25, 0.3) is 0 Å². The first-order valence-electron chi connectivity index (χ1n) is 10.8. The molecule has 0 atom stereocenters. The molecule has 9 heteroatoms. The summed E-state index contributed by atoms with van der Waals surface area (Å²) in [5.74, 6) is 0.502. The van der Waals surface area contributed by atoms with Crippen molar-refractivity contribution in [1.29, 1.82) is 0 Å². The molecular weight excluding hydrogens is 418 g/mol. The maximum atomic E-state index is 12.7. The SMILES string of the molecule is CC(C)(C)COc1cccc(C2(NS(=O)(=O)CCCCCN3CC(=O)NC3=O)CC2)c1. The van der Waals surface area contributed by atoms with Crippen LogP contribution in [-0.2, 0) is 20.4 Å². The largest absolute Gasteiger partial charge is 0.493 e. The third-order valence-electron chi connectivity index (χ3n) is 5.37. The maximum Gasteiger partial charge on any atom is 0.324 e. The smallest absolute Gasteiger partial charge is 0.324 e. The summed E-state index contributed by atoms with van der Waals surface area (Å²) >= 11 is 0. The van der Waals surface area contributed by atoms with Crippen LogP contribution in [0.5, 0.6) is 5.75 Å². The van der Waals surface area contributed by atoms with E-state index in [4.69, 9.17) is 4.74 Å². The average molecular weight is 452 g/mol. The van der Waals surface area contributed by atoms with Gasteiger partial charge in [0.05, 0.1) is 17.9 Å². The fourth-order valence-corrected chi connectivity index (χ4v) is 5.15. The number of nitrogens with one attached hydrogen (secondary N) is 2. The zero-order chi connectivity index (χ0) is 22.7. The summed E-state index contributed by atoms with van der Waals surface area (Å²) in [7, 11) is -3.43. The molecule has 1 saturated carbocycles. The summed E-state index contributed by atoms with van der Waals surface area (Å²) in [5, 5.41) is 2.23. The van der Waals surface area contributed by atoms with E-state index in [-0.39, 0.29) is 29.7 Å². The molecule has 3 amide bonds. The zero-order valence-corrected chi connectivity index (χ0v) is 19.4. The molecule has 0 aromatic heterocycles. The van der Waals surface area contributed by atoms with Crippen molar-refractivity contribution >= 4 is 22.0 Å². The lowest BCUT2D eigenvalue weighted by Crippen LogP contribution is -2.36. The lowest BCUT2D eigenvalue weighted by Gasteiger charge is -2.21. The van der Waals surface area contributed by atoms with E-state index in [1.807, 2.05) is 24.3 Å². The van der Waals surface area contributed by atoms with Gasteiger partial charge in [-0.2, -0.15) is 0 Å². The van der Waals surface area contributed by atoms with E-state index in [9.17, 15) is 18.0 Å². The lowest BCUT2D eigenvalue weighted by atomic mass is 9.98. The number of sulfonamides is 1. The second-order valence-corrected chi connectivity index (χ2v) is 11.6. The van der Waals surface area contributed by atoms with E-state index < -0.39 is 15.6 Å². The van der Waals surface area contributed by atoms with Crippen LogP contribution in [0.2, 0.25) is 0 Å². The summed E-state index contributed by atoms with van der Waals surface area (Å²) in [5.41, 5.74) is 0.448. The van der Waals surface area contributed by atoms with E-state index >= 15 is 0 Å². The number of urea groups is 1. The molecule has 172 valence electrons. The molecule has 1 heterocycles. The van der Waals surface area contributed by atoms with Crippen molar-refractivity contribution < 1.29 is 22.7 Å². The average Bonchev–Trinajstić information content (AvgIpc) is 3.37. The number of carbonyl (C=O) groups excluding carboxylic acids is 2. The van der Waals surface area contributed by atoms with Crippen LogP contribution in [-0.4, -0.2) is 50.7 Å². The van der Waals surface area contributed by atoms with Gasteiger partial charge in [0, 0.05) is 6.54 Å². The minimum atomic E-state index is -3.43. The van der Waals surface area contributed by atoms with Gasteiger partial charge in [0.1, 0.15) is 12.3 Å². The van der Waals surface area contributed by atoms with Crippen LogP contribution in [0.3, 0.4) is 0 Å². The number of carbonyl (C=O) groups is 2. The van der Waals surface area contributed by atoms with E-state index in [0.717, 1.165) is 24.2 Å². The third kappa shape index (κ3) is 6.93. The molecule has 1 saturated heterocycles. The van der Waals surface area contributed by atoms with Gasteiger partial charge in [0.25, 0.3) is 0 Å². The fourth-order valence-electron chi connectivity index (χ4n) is 3.54. The zero-order valence-electron chi connectivity index (χ0n) is 18.6. The summed E-state index contributed by atoms with van der Waals surface area (Å²) in [6.45, 7) is 7.44. The number of ether oxygens (including phenoxy) is 1. The molecule has 1 aromatic rings. The van der Waals surface area contributed by atoms with Crippen LogP contribution in [0.15, 0.2) is 24.3 Å². The molecule has 8 nitrogen and oxygen atoms in total. The van der Waals surface area contributed by atoms with Gasteiger partial charge in [-0.15, -0.1) is 0 Å².